The van der Waals surface area contributed by atoms with Crippen molar-refractivity contribution in [2.75, 3.05) is 0 Å². The zero-order valence-electron chi connectivity index (χ0n) is 7.39. The van der Waals surface area contributed by atoms with Gasteiger partial charge < -0.3 is 47.9 Å². The van der Waals surface area contributed by atoms with Gasteiger partial charge in [-0.05, 0) is 30.3 Å². The van der Waals surface area contributed by atoms with Gasteiger partial charge in [0.25, 0.3) is 0 Å². The molecular weight excluding hydrogens is 474 g/mol. The third kappa shape index (κ3) is 6.07. The summed E-state index contributed by atoms with van der Waals surface area (Å²) in [5.74, 6) is 0. The predicted octanol–water partition coefficient (Wildman–Crippen LogP) is 2.00. The molecule has 12 heteroatoms. The molecule has 0 saturated carbocycles. The van der Waals surface area contributed by atoms with Gasteiger partial charge in [0.1, 0.15) is 0 Å². The van der Waals surface area contributed by atoms with Crippen LogP contribution in [0.25, 0.3) is 0 Å². The second kappa shape index (κ2) is 9.38. The molecule has 2 radical (unpaired) electrons. The van der Waals surface area contributed by atoms with Gasteiger partial charge in [0.15, 0.2) is 0 Å². The van der Waals surface area contributed by atoms with Crippen LogP contribution in [0.3, 0.4) is 0 Å². The first-order valence-corrected chi connectivity index (χ1v) is 7.69. The smallest absolute Gasteiger partial charge is 0.0916 e. The molecular formula is C4N4S6Y2-2. The number of aromatic nitrogens is 4. The van der Waals surface area contributed by atoms with E-state index in [0.29, 0.717) is 8.68 Å². The Morgan fingerprint density at radius 1 is 0.750 bits per heavy atom. The molecule has 16 heavy (non-hydrogen) atoms. The van der Waals surface area contributed by atoms with E-state index in [1.807, 2.05) is 0 Å². The summed E-state index contributed by atoms with van der Waals surface area (Å²) in [7, 11) is 2.93. The summed E-state index contributed by atoms with van der Waals surface area (Å²) >= 11 is 12.5. The van der Waals surface area contributed by atoms with Crippen molar-refractivity contribution in [3.8, 4) is 0 Å². The van der Waals surface area contributed by atoms with Crippen molar-refractivity contribution in [1.29, 1.82) is 0 Å². The molecule has 2 aromatic heterocycles. The maximum Gasteiger partial charge on any atom is 0.0916 e. The van der Waals surface area contributed by atoms with Crippen molar-refractivity contribution in [1.82, 2.24) is 20.4 Å². The van der Waals surface area contributed by atoms with Crippen LogP contribution in [-0.2, 0) is 90.7 Å². The molecule has 4 nitrogen and oxygen atoms in total. The van der Waals surface area contributed by atoms with Crippen LogP contribution in [0, 0.1) is 0 Å². The summed E-state index contributed by atoms with van der Waals surface area (Å²) in [6.45, 7) is 0. The van der Waals surface area contributed by atoms with E-state index in [-0.39, 0.29) is 65.4 Å². The SMILES string of the molecule is [S-]c1nnc(SSc2nnc([S-])s2)s1.[Y].[Y]. The van der Waals surface area contributed by atoms with E-state index in [1.165, 1.54) is 44.3 Å². The van der Waals surface area contributed by atoms with Gasteiger partial charge in [0.05, 0.1) is 8.68 Å². The van der Waals surface area contributed by atoms with Crippen molar-refractivity contribution in [2.45, 2.75) is 17.4 Å². The summed E-state index contributed by atoms with van der Waals surface area (Å²) < 4.78 is 2.74. The fourth-order valence-electron chi connectivity index (χ4n) is 0.533. The number of hydrogen-bond acceptors (Lipinski definition) is 10. The number of rotatable bonds is 3. The monoisotopic (exact) mass is 474 g/mol. The molecule has 0 N–H and O–H groups in total. The molecule has 2 aromatic rings. The van der Waals surface area contributed by atoms with E-state index in [0.717, 1.165) is 8.68 Å². The molecule has 0 aliphatic carbocycles. The van der Waals surface area contributed by atoms with E-state index in [2.05, 4.69) is 20.4 Å². The van der Waals surface area contributed by atoms with Crippen LogP contribution in [0.2, 0.25) is 0 Å². The average molecular weight is 474 g/mol. The Morgan fingerprint density at radius 2 is 1.12 bits per heavy atom. The molecule has 0 aliphatic heterocycles. The third-order valence-electron chi connectivity index (χ3n) is 0.960. The van der Waals surface area contributed by atoms with Gasteiger partial charge in [-0.25, -0.2) is 0 Å². The molecule has 0 unspecified atom stereocenters. The van der Waals surface area contributed by atoms with Gasteiger partial charge in [-0.15, -0.1) is 0 Å². The minimum absolute atomic E-state index is 0. The topological polar surface area (TPSA) is 51.6 Å². The normalized spacial score (nSPS) is 9.25. The second-order valence-electron chi connectivity index (χ2n) is 1.83. The number of nitrogens with zero attached hydrogens (tertiary/aromatic N) is 4. The van der Waals surface area contributed by atoms with E-state index >= 15 is 0 Å². The van der Waals surface area contributed by atoms with E-state index in [4.69, 9.17) is 25.3 Å². The van der Waals surface area contributed by atoms with Crippen LogP contribution >= 0.6 is 44.3 Å². The molecule has 2 heterocycles. The second-order valence-corrected chi connectivity index (χ2v) is 7.70. The Bertz CT molecular complexity index is 391. The molecule has 0 aliphatic rings. The molecule has 0 atom stereocenters. The van der Waals surface area contributed by atoms with Gasteiger partial charge in [0, 0.05) is 65.4 Å². The predicted molar refractivity (Wildman–Crippen MR) is 62.8 cm³/mol. The molecule has 0 spiro atoms. The first-order chi connectivity index (χ1) is 6.74. The van der Waals surface area contributed by atoms with Crippen molar-refractivity contribution >= 4 is 69.5 Å². The Kier molecular flexibility index (Phi) is 10.8. The standard InChI is InChI=1S/C4H2N4S6.2Y/c9-1-5-7-3(11-1)13-14-4-8-6-2(10)12-4;;/h(H,5,9)(H,6,10);;/p-2. The molecule has 0 fully saturated rings. The largest absolute Gasteiger partial charge is 0.406 e. The van der Waals surface area contributed by atoms with Crippen molar-refractivity contribution in [3.05, 3.63) is 0 Å². The fourth-order valence-corrected chi connectivity index (χ4v) is 4.92. The minimum atomic E-state index is 0. The number of hydrogen-bond donors (Lipinski definition) is 0. The van der Waals surface area contributed by atoms with Crippen molar-refractivity contribution in [3.63, 3.8) is 0 Å². The molecule has 80 valence electrons. The average Bonchev–Trinajstić information content (AvgIpc) is 2.72. The van der Waals surface area contributed by atoms with Crippen LogP contribution in [0.15, 0.2) is 17.4 Å². The quantitative estimate of drug-likeness (QED) is 0.495. The van der Waals surface area contributed by atoms with Gasteiger partial charge in [-0.2, -0.15) is 20.4 Å². The fraction of sp³-hybridized carbons (Fsp3) is 0. The van der Waals surface area contributed by atoms with Crippen LogP contribution in [-0.4, -0.2) is 20.4 Å². The van der Waals surface area contributed by atoms with Gasteiger partial charge in [-0.1, -0.05) is 0 Å². The first-order valence-electron chi connectivity index (χ1n) is 3.09. The zero-order chi connectivity index (χ0) is 9.97. The van der Waals surface area contributed by atoms with Crippen LogP contribution in [0.1, 0.15) is 0 Å². The van der Waals surface area contributed by atoms with E-state index in [9.17, 15) is 0 Å². The molecule has 0 bridgehead atoms. The molecule has 2 rings (SSSR count). The maximum atomic E-state index is 4.85. The molecule has 0 aromatic carbocycles. The van der Waals surface area contributed by atoms with Crippen LogP contribution < -0.4 is 0 Å². The Labute approximate surface area is 169 Å². The Morgan fingerprint density at radius 3 is 1.38 bits per heavy atom. The van der Waals surface area contributed by atoms with Crippen molar-refractivity contribution < 1.29 is 65.4 Å². The van der Waals surface area contributed by atoms with E-state index in [1.54, 1.807) is 0 Å². The van der Waals surface area contributed by atoms with Gasteiger partial charge >= 0.3 is 0 Å². The Hall–Kier alpha value is 2.47. The van der Waals surface area contributed by atoms with Crippen LogP contribution in [0.4, 0.5) is 0 Å². The Balaban J connectivity index is 0.00000112. The zero-order valence-corrected chi connectivity index (χ0v) is 18.0. The summed E-state index contributed by atoms with van der Waals surface area (Å²) in [5.41, 5.74) is 0. The first kappa shape index (κ1) is 18.5. The summed E-state index contributed by atoms with van der Waals surface area (Å²) in [5, 5.41) is 15.2. The van der Waals surface area contributed by atoms with Crippen molar-refractivity contribution in [2.24, 2.45) is 0 Å². The summed E-state index contributed by atoms with van der Waals surface area (Å²) in [4.78, 5) is 0. The van der Waals surface area contributed by atoms with Crippen LogP contribution in [0.5, 0.6) is 0 Å². The van der Waals surface area contributed by atoms with E-state index < -0.39 is 0 Å². The molecule has 0 amide bonds. The minimum Gasteiger partial charge on any atom is -0.406 e. The third-order valence-corrected chi connectivity index (χ3v) is 6.01. The van der Waals surface area contributed by atoms with Gasteiger partial charge in [-0.3, -0.25) is 0 Å². The molecule has 0 saturated heterocycles. The summed E-state index contributed by atoms with van der Waals surface area (Å²) in [6, 6.07) is 0. The van der Waals surface area contributed by atoms with Gasteiger partial charge in [0.2, 0.25) is 0 Å². The summed E-state index contributed by atoms with van der Waals surface area (Å²) in [6.07, 6.45) is 0. The maximum absolute atomic E-state index is 4.85.